The molecule has 0 aliphatic heterocycles. The number of hydrogen-bond donors (Lipinski definition) is 2. The molecule has 9 unspecified atom stereocenters. The Morgan fingerprint density at radius 2 is 1.54 bits per heavy atom. The molecule has 0 aromatic carbocycles. The molecule has 2 heteroatoms. The predicted octanol–water partition coefficient (Wildman–Crippen LogP) is 10.2. The van der Waals surface area contributed by atoms with E-state index in [1.807, 2.05) is 0 Å². The Bertz CT molecular complexity index is 641. The Morgan fingerprint density at radius 3 is 2.17 bits per heavy atom. The molecule has 206 valence electrons. The van der Waals surface area contributed by atoms with Crippen LogP contribution in [0.3, 0.4) is 0 Å². The maximum atomic E-state index is 6.50. The van der Waals surface area contributed by atoms with Gasteiger partial charge in [0.05, 0.1) is 0 Å². The molecule has 2 nitrogen and oxygen atoms in total. The molecule has 9 atom stereocenters. The largest absolute Gasteiger partial charge is 0.320 e. The van der Waals surface area contributed by atoms with Crippen LogP contribution in [0.25, 0.3) is 0 Å². The summed E-state index contributed by atoms with van der Waals surface area (Å²) >= 11 is 0. The third kappa shape index (κ3) is 6.76. The van der Waals surface area contributed by atoms with Crippen LogP contribution in [0.15, 0.2) is 11.6 Å². The fraction of sp³-hybridized carbons (Fsp3) is 0.939. The Labute approximate surface area is 220 Å². The molecular weight excluding hydrogens is 426 g/mol. The highest BCUT2D eigenvalue weighted by atomic mass is 16.4. The number of allylic oxidation sites excluding steroid dienone is 2. The quantitative estimate of drug-likeness (QED) is 0.288. The van der Waals surface area contributed by atoms with Gasteiger partial charge in [0.1, 0.15) is 0 Å². The van der Waals surface area contributed by atoms with Gasteiger partial charge in [0.2, 0.25) is 0 Å². The summed E-state index contributed by atoms with van der Waals surface area (Å²) in [5, 5.41) is 6.50. The first-order valence-corrected chi connectivity index (χ1v) is 15.6. The average molecular weight is 490 g/mol. The highest BCUT2D eigenvalue weighted by Crippen LogP contribution is 2.68. The number of fused-ring (bicyclic) bond motifs is 5. The van der Waals surface area contributed by atoms with Crippen molar-refractivity contribution >= 4 is 0 Å². The molecule has 0 aromatic heterocycles. The van der Waals surface area contributed by atoms with Crippen molar-refractivity contribution in [2.24, 2.45) is 58.2 Å². The third-order valence-electron chi connectivity index (χ3n) is 11.7. The molecule has 0 amide bonds. The van der Waals surface area contributed by atoms with Crippen LogP contribution < -0.4 is 5.90 Å². The first-order chi connectivity index (χ1) is 16.7. The van der Waals surface area contributed by atoms with E-state index in [0.717, 1.165) is 41.4 Å². The van der Waals surface area contributed by atoms with Gasteiger partial charge < -0.3 is 5.21 Å². The van der Waals surface area contributed by atoms with E-state index in [9.17, 15) is 0 Å². The van der Waals surface area contributed by atoms with Crippen molar-refractivity contribution in [3.8, 4) is 0 Å². The summed E-state index contributed by atoms with van der Waals surface area (Å²) in [5.41, 5.74) is 2.96. The SMILES string of the molecule is CCC=C(C)CCC(C)C1CCC2C3CCC4CC(C)CCC4(C)C3CCC12C.CCCC.NO. The van der Waals surface area contributed by atoms with Gasteiger partial charge >= 0.3 is 0 Å². The average Bonchev–Trinajstić information content (AvgIpc) is 3.22. The first-order valence-electron chi connectivity index (χ1n) is 15.6. The zero-order valence-electron chi connectivity index (χ0n) is 25.0. The van der Waals surface area contributed by atoms with Gasteiger partial charge in [-0.2, -0.15) is 0 Å². The van der Waals surface area contributed by atoms with E-state index < -0.39 is 0 Å². The maximum absolute atomic E-state index is 6.50. The summed E-state index contributed by atoms with van der Waals surface area (Å²) in [6.07, 6.45) is 22.9. The number of hydrogen-bond acceptors (Lipinski definition) is 2. The minimum absolute atomic E-state index is 0.647. The van der Waals surface area contributed by atoms with E-state index in [1.54, 1.807) is 31.3 Å². The van der Waals surface area contributed by atoms with Crippen LogP contribution >= 0.6 is 0 Å². The van der Waals surface area contributed by atoms with E-state index >= 15 is 0 Å². The van der Waals surface area contributed by atoms with Gasteiger partial charge in [-0.15, -0.1) is 0 Å². The molecule has 0 spiro atoms. The van der Waals surface area contributed by atoms with Crippen LogP contribution in [0.1, 0.15) is 145 Å². The zero-order chi connectivity index (χ0) is 26.2. The molecular formula is C33H63NO. The fourth-order valence-electron chi connectivity index (χ4n) is 9.55. The Morgan fingerprint density at radius 1 is 0.914 bits per heavy atom. The minimum Gasteiger partial charge on any atom is -0.320 e. The second-order valence-corrected chi connectivity index (χ2v) is 13.7. The molecule has 4 saturated carbocycles. The summed E-state index contributed by atoms with van der Waals surface area (Å²) in [4.78, 5) is 0. The van der Waals surface area contributed by atoms with Crippen LogP contribution in [0.2, 0.25) is 0 Å². The Kier molecular flexibility index (Phi) is 12.3. The molecule has 4 rings (SSSR count). The summed E-state index contributed by atoms with van der Waals surface area (Å²) in [6, 6.07) is 0. The van der Waals surface area contributed by atoms with Crippen molar-refractivity contribution in [3.05, 3.63) is 11.6 Å². The monoisotopic (exact) mass is 489 g/mol. The van der Waals surface area contributed by atoms with Crippen molar-refractivity contribution in [2.75, 3.05) is 0 Å². The van der Waals surface area contributed by atoms with Crippen LogP contribution in [-0.4, -0.2) is 5.21 Å². The second kappa shape index (κ2) is 14.0. The van der Waals surface area contributed by atoms with Crippen LogP contribution in [-0.2, 0) is 0 Å². The van der Waals surface area contributed by atoms with Crippen molar-refractivity contribution in [3.63, 3.8) is 0 Å². The normalized spacial score (nSPS) is 41.3. The van der Waals surface area contributed by atoms with Crippen molar-refractivity contribution in [1.82, 2.24) is 0 Å². The lowest BCUT2D eigenvalue weighted by Gasteiger charge is -2.61. The standard InChI is InChI=1S/C29H50.C4H10.H3NO/c1-7-8-20(2)9-10-22(4)25-13-14-26-24-12-11-23-19-21(3)15-17-28(23,5)27(24)16-18-29(25,26)6;1-3-4-2;1-2/h8,21-27H,7,9-19H2,1-6H3;3-4H2,1-2H3;2H,1H2. The first kappa shape index (κ1) is 30.9. The molecule has 0 radical (unpaired) electrons. The molecule has 4 fully saturated rings. The molecule has 3 N–H and O–H groups in total. The minimum atomic E-state index is 0.647. The Balaban J connectivity index is 0.000000655. The van der Waals surface area contributed by atoms with Gasteiger partial charge in [0.15, 0.2) is 0 Å². The van der Waals surface area contributed by atoms with Gasteiger partial charge in [0, 0.05) is 0 Å². The predicted molar refractivity (Wildman–Crippen MR) is 153 cm³/mol. The summed E-state index contributed by atoms with van der Waals surface area (Å²) < 4.78 is 0. The summed E-state index contributed by atoms with van der Waals surface area (Å²) in [5.74, 6) is 10.6. The van der Waals surface area contributed by atoms with Gasteiger partial charge in [0.25, 0.3) is 0 Å². The molecule has 4 aliphatic rings. The third-order valence-corrected chi connectivity index (χ3v) is 11.7. The zero-order valence-corrected chi connectivity index (χ0v) is 25.0. The van der Waals surface area contributed by atoms with E-state index in [4.69, 9.17) is 5.21 Å². The molecule has 0 aromatic rings. The van der Waals surface area contributed by atoms with Crippen LogP contribution in [0.4, 0.5) is 0 Å². The lowest BCUT2D eigenvalue weighted by Crippen LogP contribution is -2.53. The Hall–Kier alpha value is -0.340. The topological polar surface area (TPSA) is 46.2 Å². The number of nitrogens with two attached hydrogens (primary N) is 1. The smallest absolute Gasteiger partial charge is 0.0264 e. The van der Waals surface area contributed by atoms with Crippen molar-refractivity contribution < 1.29 is 5.21 Å². The van der Waals surface area contributed by atoms with Crippen molar-refractivity contribution in [1.29, 1.82) is 0 Å². The lowest BCUT2D eigenvalue weighted by atomic mass is 9.44. The molecule has 35 heavy (non-hydrogen) atoms. The molecule has 0 heterocycles. The van der Waals surface area contributed by atoms with Crippen LogP contribution in [0.5, 0.6) is 0 Å². The van der Waals surface area contributed by atoms with Crippen LogP contribution in [0, 0.1) is 52.3 Å². The highest BCUT2D eigenvalue weighted by Gasteiger charge is 2.60. The number of rotatable bonds is 6. The van der Waals surface area contributed by atoms with E-state index in [-0.39, 0.29) is 0 Å². The van der Waals surface area contributed by atoms with Gasteiger partial charge in [-0.25, -0.2) is 5.90 Å². The van der Waals surface area contributed by atoms with E-state index in [0.29, 0.717) is 10.8 Å². The van der Waals surface area contributed by atoms with Gasteiger partial charge in [-0.1, -0.05) is 79.4 Å². The van der Waals surface area contributed by atoms with E-state index in [1.165, 1.54) is 64.2 Å². The second-order valence-electron chi connectivity index (χ2n) is 13.7. The molecule has 0 saturated heterocycles. The van der Waals surface area contributed by atoms with Crippen molar-refractivity contribution in [2.45, 2.75) is 145 Å². The van der Waals surface area contributed by atoms with E-state index in [2.05, 4.69) is 67.4 Å². The maximum Gasteiger partial charge on any atom is -0.0264 e. The summed E-state index contributed by atoms with van der Waals surface area (Å²) in [7, 11) is 0. The highest BCUT2D eigenvalue weighted by molar-refractivity contribution is 5.10. The molecule has 4 aliphatic carbocycles. The van der Waals surface area contributed by atoms with Gasteiger partial charge in [-0.3, -0.25) is 0 Å². The fourth-order valence-corrected chi connectivity index (χ4v) is 9.55. The summed E-state index contributed by atoms with van der Waals surface area (Å²) in [6.45, 7) is 19.6. The molecule has 0 bridgehead atoms. The number of unbranched alkanes of at least 4 members (excludes halogenated alkanes) is 1. The van der Waals surface area contributed by atoms with Gasteiger partial charge in [-0.05, 0) is 130 Å². The lowest BCUT2D eigenvalue weighted by molar-refractivity contribution is -0.120.